The number of ketones is 1. The molecular weight excluding hydrogens is 270 g/mol. The summed E-state index contributed by atoms with van der Waals surface area (Å²) >= 11 is 0. The highest BCUT2D eigenvalue weighted by molar-refractivity contribution is 5.97. The third-order valence-electron chi connectivity index (χ3n) is 3.49. The molecule has 5 nitrogen and oxygen atoms in total. The molecule has 1 heterocycles. The summed E-state index contributed by atoms with van der Waals surface area (Å²) in [6.07, 6.45) is 1.58. The van der Waals surface area contributed by atoms with Crippen LogP contribution in [0.5, 0.6) is 5.75 Å². The molecule has 1 unspecified atom stereocenters. The van der Waals surface area contributed by atoms with Crippen LogP contribution in [0.15, 0.2) is 36.5 Å². The van der Waals surface area contributed by atoms with Crippen molar-refractivity contribution in [3.8, 4) is 5.75 Å². The highest BCUT2D eigenvalue weighted by Gasteiger charge is 2.19. The first-order valence-electron chi connectivity index (χ1n) is 6.54. The Bertz CT molecular complexity index is 670. The molecule has 0 radical (unpaired) electrons. The molecule has 0 amide bonds. The van der Waals surface area contributed by atoms with Crippen LogP contribution in [-0.4, -0.2) is 28.5 Å². The highest BCUT2D eigenvalue weighted by atomic mass is 16.5. The van der Waals surface area contributed by atoms with E-state index in [2.05, 4.69) is 0 Å². The first-order chi connectivity index (χ1) is 9.93. The molecule has 0 bridgehead atoms. The van der Waals surface area contributed by atoms with Gasteiger partial charge in [0, 0.05) is 11.8 Å². The van der Waals surface area contributed by atoms with Gasteiger partial charge in [-0.3, -0.25) is 4.79 Å². The Hall–Kier alpha value is -2.56. The van der Waals surface area contributed by atoms with Crippen LogP contribution < -0.4 is 4.74 Å². The molecule has 0 fully saturated rings. The van der Waals surface area contributed by atoms with E-state index in [0.29, 0.717) is 5.56 Å². The Kier molecular flexibility index (Phi) is 4.12. The van der Waals surface area contributed by atoms with Crippen LogP contribution in [0.1, 0.15) is 46.3 Å². The number of hydrogen-bond donors (Lipinski definition) is 1. The topological polar surface area (TPSA) is 68.5 Å². The zero-order chi connectivity index (χ0) is 15.6. The normalized spacial score (nSPS) is 12.0. The maximum absolute atomic E-state index is 11.5. The first-order valence-corrected chi connectivity index (χ1v) is 6.54. The second kappa shape index (κ2) is 5.83. The standard InChI is InChI=1S/C16H17NO4/c1-10(12-4-6-14(21-3)7-5-12)17-9-13(11(2)18)8-15(17)16(19)20/h4-10H,1-3H3,(H,19,20). The number of hydrogen-bond acceptors (Lipinski definition) is 3. The van der Waals surface area contributed by atoms with Gasteiger partial charge in [0.1, 0.15) is 11.4 Å². The van der Waals surface area contributed by atoms with Gasteiger partial charge in [0.05, 0.1) is 13.2 Å². The molecule has 0 saturated heterocycles. The van der Waals surface area contributed by atoms with Crippen LogP contribution in [-0.2, 0) is 0 Å². The van der Waals surface area contributed by atoms with Crippen molar-refractivity contribution >= 4 is 11.8 Å². The van der Waals surface area contributed by atoms with E-state index in [0.717, 1.165) is 11.3 Å². The number of aromatic nitrogens is 1. The third-order valence-corrected chi connectivity index (χ3v) is 3.49. The van der Waals surface area contributed by atoms with Crippen LogP contribution in [0.4, 0.5) is 0 Å². The molecule has 21 heavy (non-hydrogen) atoms. The number of carboxylic acid groups (broad SMARTS) is 1. The van der Waals surface area contributed by atoms with Crippen molar-refractivity contribution in [3.63, 3.8) is 0 Å². The van der Waals surface area contributed by atoms with Crippen LogP contribution in [0.3, 0.4) is 0 Å². The van der Waals surface area contributed by atoms with Gasteiger partial charge in [0.15, 0.2) is 5.78 Å². The van der Waals surface area contributed by atoms with E-state index in [1.807, 2.05) is 31.2 Å². The van der Waals surface area contributed by atoms with Gasteiger partial charge in [0.25, 0.3) is 0 Å². The summed E-state index contributed by atoms with van der Waals surface area (Å²) in [5, 5.41) is 9.29. The van der Waals surface area contributed by atoms with Gasteiger partial charge in [-0.25, -0.2) is 4.79 Å². The number of carboxylic acids is 1. The minimum absolute atomic E-state index is 0.100. The lowest BCUT2D eigenvalue weighted by atomic mass is 10.1. The lowest BCUT2D eigenvalue weighted by Gasteiger charge is -2.16. The number of nitrogens with zero attached hydrogens (tertiary/aromatic N) is 1. The van der Waals surface area contributed by atoms with E-state index in [1.165, 1.54) is 13.0 Å². The molecule has 5 heteroatoms. The zero-order valence-electron chi connectivity index (χ0n) is 12.2. The second-order valence-electron chi connectivity index (χ2n) is 4.83. The van der Waals surface area contributed by atoms with E-state index in [1.54, 1.807) is 17.9 Å². The van der Waals surface area contributed by atoms with Crippen LogP contribution in [0.2, 0.25) is 0 Å². The van der Waals surface area contributed by atoms with E-state index in [-0.39, 0.29) is 17.5 Å². The monoisotopic (exact) mass is 287 g/mol. The largest absolute Gasteiger partial charge is 0.497 e. The highest BCUT2D eigenvalue weighted by Crippen LogP contribution is 2.24. The zero-order valence-corrected chi connectivity index (χ0v) is 12.2. The Morgan fingerprint density at radius 3 is 2.33 bits per heavy atom. The Labute approximate surface area is 122 Å². The molecule has 0 aliphatic rings. The number of methoxy groups -OCH3 is 1. The summed E-state index contributed by atoms with van der Waals surface area (Å²) in [6.45, 7) is 3.31. The Morgan fingerprint density at radius 1 is 1.24 bits per heavy atom. The number of aromatic carboxylic acids is 1. The SMILES string of the molecule is COc1ccc(C(C)n2cc(C(C)=O)cc2C(=O)O)cc1. The van der Waals surface area contributed by atoms with Gasteiger partial charge in [0.2, 0.25) is 0 Å². The maximum Gasteiger partial charge on any atom is 0.352 e. The molecule has 0 aliphatic carbocycles. The number of ether oxygens (including phenoxy) is 1. The minimum atomic E-state index is -1.05. The van der Waals surface area contributed by atoms with Gasteiger partial charge >= 0.3 is 5.97 Å². The number of benzene rings is 1. The van der Waals surface area contributed by atoms with Crippen molar-refractivity contribution in [1.82, 2.24) is 4.57 Å². The molecule has 1 N–H and O–H groups in total. The van der Waals surface area contributed by atoms with Gasteiger partial charge in [-0.1, -0.05) is 12.1 Å². The molecule has 0 spiro atoms. The predicted molar refractivity (Wildman–Crippen MR) is 78.2 cm³/mol. The molecule has 0 saturated carbocycles. The minimum Gasteiger partial charge on any atom is -0.497 e. The van der Waals surface area contributed by atoms with Crippen molar-refractivity contribution in [3.05, 3.63) is 53.3 Å². The summed E-state index contributed by atoms with van der Waals surface area (Å²) in [6, 6.07) is 8.61. The van der Waals surface area contributed by atoms with Crippen molar-refractivity contribution in [2.24, 2.45) is 0 Å². The van der Waals surface area contributed by atoms with Crippen LogP contribution >= 0.6 is 0 Å². The van der Waals surface area contributed by atoms with Gasteiger partial charge in [-0.05, 0) is 37.6 Å². The molecule has 1 aromatic carbocycles. The lowest BCUT2D eigenvalue weighted by Crippen LogP contribution is -2.12. The van der Waals surface area contributed by atoms with Gasteiger partial charge in [-0.2, -0.15) is 0 Å². The summed E-state index contributed by atoms with van der Waals surface area (Å²) in [5.74, 6) is -0.470. The summed E-state index contributed by atoms with van der Waals surface area (Å²) < 4.78 is 6.70. The number of rotatable bonds is 5. The molecule has 0 aliphatic heterocycles. The summed E-state index contributed by atoms with van der Waals surface area (Å²) in [5.41, 5.74) is 1.43. The van der Waals surface area contributed by atoms with Crippen molar-refractivity contribution in [2.75, 3.05) is 7.11 Å². The molecule has 2 rings (SSSR count). The fourth-order valence-electron chi connectivity index (χ4n) is 2.21. The van der Waals surface area contributed by atoms with E-state index in [4.69, 9.17) is 4.74 Å². The van der Waals surface area contributed by atoms with Crippen molar-refractivity contribution in [2.45, 2.75) is 19.9 Å². The van der Waals surface area contributed by atoms with Crippen LogP contribution in [0, 0.1) is 0 Å². The predicted octanol–water partition coefficient (Wildman–Crippen LogP) is 3.01. The first kappa shape index (κ1) is 14.8. The van der Waals surface area contributed by atoms with E-state index in [9.17, 15) is 14.7 Å². The Morgan fingerprint density at radius 2 is 1.86 bits per heavy atom. The summed E-state index contributed by atoms with van der Waals surface area (Å²) in [7, 11) is 1.59. The lowest BCUT2D eigenvalue weighted by molar-refractivity contribution is 0.0684. The van der Waals surface area contributed by atoms with Crippen molar-refractivity contribution in [1.29, 1.82) is 0 Å². The van der Waals surface area contributed by atoms with Gasteiger partial charge < -0.3 is 14.4 Å². The van der Waals surface area contributed by atoms with E-state index >= 15 is 0 Å². The second-order valence-corrected chi connectivity index (χ2v) is 4.83. The molecule has 1 atom stereocenters. The van der Waals surface area contributed by atoms with Crippen LogP contribution in [0.25, 0.3) is 0 Å². The van der Waals surface area contributed by atoms with E-state index < -0.39 is 5.97 Å². The molecule has 110 valence electrons. The smallest absolute Gasteiger partial charge is 0.352 e. The number of carbonyl (C=O) groups excluding carboxylic acids is 1. The molecular formula is C16H17NO4. The summed E-state index contributed by atoms with van der Waals surface area (Å²) in [4.78, 5) is 22.8. The maximum atomic E-state index is 11.5. The Balaban J connectivity index is 2.43. The quantitative estimate of drug-likeness (QED) is 0.858. The van der Waals surface area contributed by atoms with Crippen molar-refractivity contribution < 1.29 is 19.4 Å². The molecule has 1 aromatic heterocycles. The number of Topliss-reactive ketones (excluding diaryl/α,β-unsaturated/α-hetero) is 1. The molecule has 2 aromatic rings. The number of carbonyl (C=O) groups is 2. The fourth-order valence-corrected chi connectivity index (χ4v) is 2.21. The average Bonchev–Trinajstić information content (AvgIpc) is 2.92. The van der Waals surface area contributed by atoms with Gasteiger partial charge in [-0.15, -0.1) is 0 Å². The average molecular weight is 287 g/mol. The third kappa shape index (κ3) is 2.97. The fraction of sp³-hybridized carbons (Fsp3) is 0.250.